The molecule has 36 heavy (non-hydrogen) atoms. The van der Waals surface area contributed by atoms with E-state index in [4.69, 9.17) is 0 Å². The van der Waals surface area contributed by atoms with Crippen molar-refractivity contribution in [3.05, 3.63) is 101 Å². The highest BCUT2D eigenvalue weighted by Crippen LogP contribution is 2.38. The smallest absolute Gasteiger partial charge is 0.224 e. The minimum absolute atomic E-state index is 0.0177. The Labute approximate surface area is 211 Å². The summed E-state index contributed by atoms with van der Waals surface area (Å²) in [7, 11) is 0. The molecule has 0 aliphatic heterocycles. The van der Waals surface area contributed by atoms with Crippen molar-refractivity contribution in [2.75, 3.05) is 6.61 Å². The number of aliphatic hydroxyl groups is 2. The Morgan fingerprint density at radius 3 is 2.42 bits per heavy atom. The average molecular weight is 484 g/mol. The van der Waals surface area contributed by atoms with Crippen molar-refractivity contribution in [1.29, 1.82) is 0 Å². The summed E-state index contributed by atoms with van der Waals surface area (Å²) in [6, 6.07) is 25.7. The summed E-state index contributed by atoms with van der Waals surface area (Å²) < 4.78 is 2.06. The number of benzene rings is 3. The first kappa shape index (κ1) is 24.2. The summed E-state index contributed by atoms with van der Waals surface area (Å²) in [5.74, 6) is 0.719. The van der Waals surface area contributed by atoms with E-state index in [0.717, 1.165) is 47.8 Å². The van der Waals surface area contributed by atoms with Gasteiger partial charge in [0.1, 0.15) is 12.4 Å². The molecule has 1 aromatic heterocycles. The zero-order valence-corrected chi connectivity index (χ0v) is 20.4. The van der Waals surface area contributed by atoms with Crippen molar-refractivity contribution in [1.82, 2.24) is 14.9 Å². The molecule has 0 spiro atoms. The number of hydrogen-bond donors (Lipinski definition) is 3. The molecule has 0 saturated heterocycles. The number of nitrogens with zero attached hydrogens (tertiary/aromatic N) is 2. The van der Waals surface area contributed by atoms with Crippen LogP contribution in [0.25, 0.3) is 11.0 Å². The van der Waals surface area contributed by atoms with Crippen LogP contribution in [-0.2, 0) is 17.9 Å². The number of amides is 1. The predicted molar refractivity (Wildman–Crippen MR) is 140 cm³/mol. The molecule has 3 N–H and O–H groups in total. The zero-order chi connectivity index (χ0) is 24.9. The Kier molecular flexibility index (Phi) is 7.44. The van der Waals surface area contributed by atoms with Gasteiger partial charge < -0.3 is 20.1 Å². The number of aromatic nitrogens is 2. The van der Waals surface area contributed by atoms with Gasteiger partial charge in [0.25, 0.3) is 0 Å². The van der Waals surface area contributed by atoms with E-state index in [0.29, 0.717) is 12.4 Å². The van der Waals surface area contributed by atoms with Crippen molar-refractivity contribution in [2.45, 2.75) is 50.8 Å². The molecule has 1 heterocycles. The van der Waals surface area contributed by atoms with Gasteiger partial charge >= 0.3 is 0 Å². The molecule has 1 aliphatic carbocycles. The summed E-state index contributed by atoms with van der Waals surface area (Å²) in [4.78, 5) is 17.9. The summed E-state index contributed by atoms with van der Waals surface area (Å²) >= 11 is 0. The zero-order valence-electron chi connectivity index (χ0n) is 20.4. The quantitative estimate of drug-likeness (QED) is 0.339. The highest BCUT2D eigenvalue weighted by atomic mass is 16.3. The fourth-order valence-corrected chi connectivity index (χ4v) is 5.52. The first-order chi connectivity index (χ1) is 17.7. The van der Waals surface area contributed by atoms with Gasteiger partial charge in [0.15, 0.2) is 0 Å². The van der Waals surface area contributed by atoms with Crippen molar-refractivity contribution >= 4 is 16.9 Å². The Bertz CT molecular complexity index is 1300. The van der Waals surface area contributed by atoms with Crippen molar-refractivity contribution in [2.24, 2.45) is 5.92 Å². The molecule has 1 aliphatic rings. The Morgan fingerprint density at radius 2 is 1.67 bits per heavy atom. The molecule has 1 amide bonds. The van der Waals surface area contributed by atoms with E-state index in [1.54, 1.807) is 0 Å². The molecule has 6 nitrogen and oxygen atoms in total. The minimum Gasteiger partial charge on any atom is -0.394 e. The lowest BCUT2D eigenvalue weighted by atomic mass is 9.74. The van der Waals surface area contributed by atoms with E-state index < -0.39 is 6.04 Å². The lowest BCUT2D eigenvalue weighted by Crippen LogP contribution is -2.39. The third-order valence-corrected chi connectivity index (χ3v) is 7.43. The van der Waals surface area contributed by atoms with Crippen molar-refractivity contribution in [3.63, 3.8) is 0 Å². The third-order valence-electron chi connectivity index (χ3n) is 7.43. The van der Waals surface area contributed by atoms with Gasteiger partial charge in [0.05, 0.1) is 23.7 Å². The standard InChI is InChI=1S/C30H33N3O3/c34-19-27(23-8-2-1-3-9-23)32-30(36)25-11-5-4-10-24(25)22-16-14-21(15-17-22)18-33-28-13-7-6-12-26(28)31-29(33)20-35/h1-3,6-9,12-17,24-25,27,34-35H,4-5,10-11,18-20H2,(H,32,36)/t24?,25-,27-/m1/s1. The number of aliphatic hydroxyl groups excluding tert-OH is 2. The second kappa shape index (κ2) is 11.1. The van der Waals surface area contributed by atoms with Crippen LogP contribution >= 0.6 is 0 Å². The monoisotopic (exact) mass is 483 g/mol. The van der Waals surface area contributed by atoms with Crippen LogP contribution in [0.1, 0.15) is 60.2 Å². The Balaban J connectivity index is 1.32. The fraction of sp³-hybridized carbons (Fsp3) is 0.333. The molecule has 1 fully saturated rings. The summed E-state index contributed by atoms with van der Waals surface area (Å²) in [6.45, 7) is 0.393. The number of rotatable bonds is 8. The van der Waals surface area contributed by atoms with Gasteiger partial charge in [0, 0.05) is 12.5 Å². The van der Waals surface area contributed by atoms with Crippen molar-refractivity contribution < 1.29 is 15.0 Å². The molecule has 0 bridgehead atoms. The second-order valence-electron chi connectivity index (χ2n) is 9.65. The van der Waals surface area contributed by atoms with E-state index in [-0.39, 0.29) is 31.0 Å². The number of hydrogen-bond acceptors (Lipinski definition) is 4. The highest BCUT2D eigenvalue weighted by Gasteiger charge is 2.33. The lowest BCUT2D eigenvalue weighted by Gasteiger charge is -2.32. The fourth-order valence-electron chi connectivity index (χ4n) is 5.52. The second-order valence-corrected chi connectivity index (χ2v) is 9.65. The van der Waals surface area contributed by atoms with Crippen LogP contribution in [0, 0.1) is 5.92 Å². The molecule has 6 heteroatoms. The van der Waals surface area contributed by atoms with Gasteiger partial charge in [-0.25, -0.2) is 4.98 Å². The molecule has 4 aromatic rings. The molecule has 1 unspecified atom stereocenters. The first-order valence-electron chi connectivity index (χ1n) is 12.8. The van der Waals surface area contributed by atoms with Gasteiger partial charge in [-0.15, -0.1) is 0 Å². The maximum absolute atomic E-state index is 13.3. The molecule has 0 radical (unpaired) electrons. The van der Waals surface area contributed by atoms with Gasteiger partial charge in [-0.05, 0) is 47.6 Å². The molecule has 3 aromatic carbocycles. The van der Waals surface area contributed by atoms with Crippen LogP contribution < -0.4 is 5.32 Å². The van der Waals surface area contributed by atoms with Crippen LogP contribution in [0.3, 0.4) is 0 Å². The third kappa shape index (κ3) is 5.06. The summed E-state index contributed by atoms with van der Waals surface area (Å²) in [5.41, 5.74) is 5.10. The number of nitrogens with one attached hydrogen (secondary N) is 1. The van der Waals surface area contributed by atoms with E-state index in [1.807, 2.05) is 54.6 Å². The van der Waals surface area contributed by atoms with E-state index in [1.165, 1.54) is 5.56 Å². The molecular formula is C30H33N3O3. The summed E-state index contributed by atoms with van der Waals surface area (Å²) in [5, 5.41) is 22.8. The molecule has 186 valence electrons. The Hall–Kier alpha value is -3.48. The van der Waals surface area contributed by atoms with Gasteiger partial charge in [-0.2, -0.15) is 0 Å². The van der Waals surface area contributed by atoms with E-state index >= 15 is 0 Å². The number of fused-ring (bicyclic) bond motifs is 1. The van der Waals surface area contributed by atoms with Gasteiger partial charge in [-0.3, -0.25) is 4.79 Å². The summed E-state index contributed by atoms with van der Waals surface area (Å²) in [6.07, 6.45) is 3.98. The van der Waals surface area contributed by atoms with E-state index in [2.05, 4.69) is 39.1 Å². The van der Waals surface area contributed by atoms with Gasteiger partial charge in [0.2, 0.25) is 5.91 Å². The van der Waals surface area contributed by atoms with Crippen LogP contribution in [-0.4, -0.2) is 32.3 Å². The van der Waals surface area contributed by atoms with Crippen molar-refractivity contribution in [3.8, 4) is 0 Å². The topological polar surface area (TPSA) is 87.4 Å². The molecule has 3 atom stereocenters. The van der Waals surface area contributed by atoms with E-state index in [9.17, 15) is 15.0 Å². The average Bonchev–Trinajstić information content (AvgIpc) is 3.30. The van der Waals surface area contributed by atoms with Crippen LogP contribution in [0.5, 0.6) is 0 Å². The Morgan fingerprint density at radius 1 is 0.944 bits per heavy atom. The largest absolute Gasteiger partial charge is 0.394 e. The lowest BCUT2D eigenvalue weighted by molar-refractivity contribution is -0.127. The SMILES string of the molecule is O=C(N[C@H](CO)c1ccccc1)[C@@H]1CCCCC1c1ccc(Cn2c(CO)nc3ccccc32)cc1. The molecular weight excluding hydrogens is 450 g/mol. The maximum Gasteiger partial charge on any atom is 0.224 e. The number of carbonyl (C=O) groups excluding carboxylic acids is 1. The predicted octanol–water partition coefficient (Wildman–Crippen LogP) is 4.70. The minimum atomic E-state index is -0.394. The molecule has 1 saturated carbocycles. The number of imidazole rings is 1. The first-order valence-corrected chi connectivity index (χ1v) is 12.8. The van der Waals surface area contributed by atoms with Crippen LogP contribution in [0.2, 0.25) is 0 Å². The van der Waals surface area contributed by atoms with Crippen LogP contribution in [0.4, 0.5) is 0 Å². The van der Waals surface area contributed by atoms with Crippen LogP contribution in [0.15, 0.2) is 78.9 Å². The van der Waals surface area contributed by atoms with Gasteiger partial charge in [-0.1, -0.05) is 79.6 Å². The normalized spacial score (nSPS) is 18.7. The molecule has 5 rings (SSSR count). The number of carbonyl (C=O) groups is 1. The maximum atomic E-state index is 13.3. The highest BCUT2D eigenvalue weighted by molar-refractivity contribution is 5.80. The number of para-hydroxylation sites is 2.